The average molecular weight is 246 g/mol. The molecule has 0 aliphatic heterocycles. The van der Waals surface area contributed by atoms with Crippen LogP contribution in [0.3, 0.4) is 0 Å². The van der Waals surface area contributed by atoms with E-state index in [1.165, 1.54) is 35.0 Å². The van der Waals surface area contributed by atoms with Gasteiger partial charge in [-0.05, 0) is 0 Å². The molecule has 0 heterocycles. The van der Waals surface area contributed by atoms with Crippen LogP contribution in [0.4, 0.5) is 0 Å². The molecule has 0 atom stereocenters. The molecule has 2 heteroatoms. The van der Waals surface area contributed by atoms with Crippen molar-refractivity contribution in [3.8, 4) is 0 Å². The molecular formula is C11H27GeN. The molecule has 80 valence electrons. The number of hydrogen-bond acceptors (Lipinski definition) is 1. The zero-order chi connectivity index (χ0) is 10.3. The van der Waals surface area contributed by atoms with Crippen molar-refractivity contribution in [2.75, 3.05) is 14.1 Å². The third-order valence-electron chi connectivity index (χ3n) is 3.09. The van der Waals surface area contributed by atoms with Gasteiger partial charge in [0.1, 0.15) is 0 Å². The number of nitrogens with zero attached hydrogens (tertiary/aromatic N) is 1. The van der Waals surface area contributed by atoms with Crippen LogP contribution in [0.1, 0.15) is 40.0 Å². The Bertz CT molecular complexity index is 106. The Morgan fingerprint density at radius 3 is 1.23 bits per heavy atom. The average Bonchev–Trinajstić information content (AvgIpc) is 2.05. The van der Waals surface area contributed by atoms with Gasteiger partial charge in [-0.1, -0.05) is 0 Å². The monoisotopic (exact) mass is 247 g/mol. The van der Waals surface area contributed by atoms with Gasteiger partial charge in [0.05, 0.1) is 0 Å². The van der Waals surface area contributed by atoms with Crippen molar-refractivity contribution >= 4 is 13.5 Å². The van der Waals surface area contributed by atoms with Gasteiger partial charge in [0.15, 0.2) is 0 Å². The zero-order valence-electron chi connectivity index (χ0n) is 10.2. The van der Waals surface area contributed by atoms with Crippen molar-refractivity contribution in [1.82, 2.24) is 3.86 Å². The molecule has 0 N–H and O–H groups in total. The molecule has 0 aromatic carbocycles. The number of rotatable bonds is 7. The molecule has 0 aliphatic carbocycles. The molecule has 13 heavy (non-hydrogen) atoms. The van der Waals surface area contributed by atoms with Gasteiger partial charge in [-0.2, -0.15) is 0 Å². The molecule has 0 radical (unpaired) electrons. The van der Waals surface area contributed by atoms with Crippen molar-refractivity contribution < 1.29 is 0 Å². The first-order chi connectivity index (χ1) is 6.13. The SMILES string of the molecule is CC[CH2][Ge]([CH2]CC)([CH2]CC)[N](C)C. The molecule has 0 amide bonds. The maximum absolute atomic E-state index is 2.64. The van der Waals surface area contributed by atoms with E-state index in [0.717, 1.165) is 0 Å². The molecule has 0 saturated heterocycles. The molecule has 0 rings (SSSR count). The predicted octanol–water partition coefficient (Wildman–Crippen LogP) is 3.72. The fraction of sp³-hybridized carbons (Fsp3) is 1.00. The second kappa shape index (κ2) is 6.88. The summed E-state index contributed by atoms with van der Waals surface area (Å²) in [5, 5.41) is 4.61. The summed E-state index contributed by atoms with van der Waals surface area (Å²) in [6.07, 6.45) is 4.16. The quantitative estimate of drug-likeness (QED) is 0.618. The predicted molar refractivity (Wildman–Crippen MR) is 64.7 cm³/mol. The van der Waals surface area contributed by atoms with Crippen molar-refractivity contribution in [1.29, 1.82) is 0 Å². The fourth-order valence-corrected chi connectivity index (χ4v) is 12.7. The van der Waals surface area contributed by atoms with Crippen molar-refractivity contribution in [2.24, 2.45) is 0 Å². The van der Waals surface area contributed by atoms with Crippen LogP contribution < -0.4 is 0 Å². The van der Waals surface area contributed by atoms with Crippen LogP contribution in [-0.4, -0.2) is 31.4 Å². The normalized spacial score (nSPS) is 12.5. The van der Waals surface area contributed by atoms with Crippen molar-refractivity contribution in [3.63, 3.8) is 0 Å². The Morgan fingerprint density at radius 2 is 1.08 bits per heavy atom. The Labute approximate surface area is 87.5 Å². The number of hydrogen-bond donors (Lipinski definition) is 0. The van der Waals surface area contributed by atoms with Gasteiger partial charge in [-0.25, -0.2) is 0 Å². The Morgan fingerprint density at radius 1 is 0.769 bits per heavy atom. The zero-order valence-corrected chi connectivity index (χ0v) is 12.3. The first-order valence-corrected chi connectivity index (χ1v) is 11.2. The van der Waals surface area contributed by atoms with Crippen LogP contribution >= 0.6 is 0 Å². The van der Waals surface area contributed by atoms with Crippen molar-refractivity contribution in [3.05, 3.63) is 0 Å². The molecule has 0 fully saturated rings. The van der Waals surface area contributed by atoms with E-state index in [1.54, 1.807) is 0 Å². The summed E-state index contributed by atoms with van der Waals surface area (Å²) in [5.74, 6) is 0. The molecule has 1 nitrogen and oxygen atoms in total. The fourth-order valence-electron chi connectivity index (χ4n) is 2.44. The van der Waals surface area contributed by atoms with Crippen LogP contribution in [0.5, 0.6) is 0 Å². The molecule has 0 aromatic heterocycles. The second-order valence-electron chi connectivity index (χ2n) is 4.37. The van der Waals surface area contributed by atoms with Gasteiger partial charge in [0, 0.05) is 0 Å². The van der Waals surface area contributed by atoms with Crippen molar-refractivity contribution in [2.45, 2.75) is 55.8 Å². The topological polar surface area (TPSA) is 3.24 Å². The molecular weight excluding hydrogens is 219 g/mol. The van der Waals surface area contributed by atoms with Crippen LogP contribution in [0.2, 0.25) is 15.8 Å². The summed E-state index contributed by atoms with van der Waals surface area (Å²) in [4.78, 5) is 0. The summed E-state index contributed by atoms with van der Waals surface area (Å²) < 4.78 is 2.64. The van der Waals surface area contributed by atoms with Gasteiger partial charge >= 0.3 is 87.2 Å². The van der Waals surface area contributed by atoms with Crippen LogP contribution in [0.15, 0.2) is 0 Å². The summed E-state index contributed by atoms with van der Waals surface area (Å²) in [7, 11) is 4.64. The Kier molecular flexibility index (Phi) is 7.15. The van der Waals surface area contributed by atoms with Gasteiger partial charge in [-0.3, -0.25) is 0 Å². The maximum atomic E-state index is 2.64. The molecule has 0 aromatic rings. The van der Waals surface area contributed by atoms with E-state index in [4.69, 9.17) is 0 Å². The summed E-state index contributed by atoms with van der Waals surface area (Å²) >= 11 is -1.57. The minimum atomic E-state index is -1.57. The van der Waals surface area contributed by atoms with Gasteiger partial charge in [-0.15, -0.1) is 0 Å². The third-order valence-corrected chi connectivity index (χ3v) is 16.1. The van der Waals surface area contributed by atoms with E-state index in [9.17, 15) is 0 Å². The molecule has 0 saturated carbocycles. The minimum absolute atomic E-state index is 1.39. The summed E-state index contributed by atoms with van der Waals surface area (Å²) in [5.41, 5.74) is 0. The van der Waals surface area contributed by atoms with Gasteiger partial charge in [0.2, 0.25) is 0 Å². The Balaban J connectivity index is 4.38. The Hall–Kier alpha value is 0.503. The van der Waals surface area contributed by atoms with E-state index >= 15 is 0 Å². The second-order valence-corrected chi connectivity index (χ2v) is 14.5. The third kappa shape index (κ3) is 4.03. The molecule has 0 aliphatic rings. The molecule has 0 spiro atoms. The molecule has 0 unspecified atom stereocenters. The van der Waals surface area contributed by atoms with E-state index in [0.29, 0.717) is 0 Å². The van der Waals surface area contributed by atoms with E-state index in [1.807, 2.05) is 0 Å². The van der Waals surface area contributed by atoms with E-state index in [2.05, 4.69) is 38.7 Å². The summed E-state index contributed by atoms with van der Waals surface area (Å²) in [6, 6.07) is 0. The van der Waals surface area contributed by atoms with Gasteiger partial charge < -0.3 is 0 Å². The summed E-state index contributed by atoms with van der Waals surface area (Å²) in [6.45, 7) is 7.03. The first-order valence-electron chi connectivity index (χ1n) is 5.80. The molecule has 0 bridgehead atoms. The first kappa shape index (κ1) is 13.5. The van der Waals surface area contributed by atoms with E-state index < -0.39 is 13.5 Å². The standard InChI is InChI=1S/C11H27GeN/c1-6-9-12(10-7-2,11-8-3)13(4)5/h6-11H2,1-5H3. The van der Waals surface area contributed by atoms with Crippen LogP contribution in [-0.2, 0) is 0 Å². The van der Waals surface area contributed by atoms with Crippen LogP contribution in [0, 0.1) is 0 Å². The van der Waals surface area contributed by atoms with Crippen LogP contribution in [0.25, 0.3) is 0 Å². The van der Waals surface area contributed by atoms with E-state index in [-0.39, 0.29) is 0 Å². The van der Waals surface area contributed by atoms with Gasteiger partial charge in [0.25, 0.3) is 0 Å².